The summed E-state index contributed by atoms with van der Waals surface area (Å²) in [7, 11) is 0. The Hall–Kier alpha value is -0.0800. The molecular formula is C16H26S2. The van der Waals surface area contributed by atoms with E-state index in [2.05, 4.69) is 68.6 Å². The third kappa shape index (κ3) is 5.71. The molecule has 1 aromatic rings. The first-order valence-electron chi connectivity index (χ1n) is 7.13. The Labute approximate surface area is 122 Å². The maximum Gasteiger partial charge on any atom is 0.0300 e. The number of rotatable bonds is 9. The maximum atomic E-state index is 4.35. The van der Waals surface area contributed by atoms with Gasteiger partial charge < -0.3 is 0 Å². The van der Waals surface area contributed by atoms with Gasteiger partial charge in [-0.3, -0.25) is 0 Å². The van der Waals surface area contributed by atoms with Crippen molar-refractivity contribution in [3.05, 3.63) is 35.9 Å². The fourth-order valence-electron chi connectivity index (χ4n) is 2.18. The van der Waals surface area contributed by atoms with E-state index < -0.39 is 0 Å². The molecule has 0 fully saturated rings. The van der Waals surface area contributed by atoms with Crippen LogP contribution in [0.25, 0.3) is 0 Å². The molecule has 0 aromatic heterocycles. The fourth-order valence-corrected chi connectivity index (χ4v) is 4.01. The van der Waals surface area contributed by atoms with Gasteiger partial charge in [0.2, 0.25) is 0 Å². The summed E-state index contributed by atoms with van der Waals surface area (Å²) in [5.41, 5.74) is 1.49. The summed E-state index contributed by atoms with van der Waals surface area (Å²) >= 11 is 6.53. The van der Waals surface area contributed by atoms with E-state index in [-0.39, 0.29) is 0 Å². The summed E-state index contributed by atoms with van der Waals surface area (Å²) in [6, 6.07) is 11.0. The third-order valence-corrected chi connectivity index (χ3v) is 5.33. The van der Waals surface area contributed by atoms with Crippen molar-refractivity contribution in [2.75, 3.05) is 5.75 Å². The number of thiol groups is 1. The fraction of sp³-hybridized carbons (Fsp3) is 0.625. The van der Waals surface area contributed by atoms with Crippen molar-refractivity contribution in [2.45, 2.75) is 56.5 Å². The van der Waals surface area contributed by atoms with Crippen molar-refractivity contribution in [3.8, 4) is 0 Å². The Morgan fingerprint density at radius 1 is 1.11 bits per heavy atom. The predicted octanol–water partition coefficient (Wildman–Crippen LogP) is 5.75. The minimum absolute atomic E-state index is 0.648. The van der Waals surface area contributed by atoms with E-state index in [4.69, 9.17) is 0 Å². The van der Waals surface area contributed by atoms with Crippen LogP contribution in [0.1, 0.15) is 56.8 Å². The standard InChI is InChI=1S/C16H26S2/c1-3-9-15(4-2)18-16(12-8-13-17)14-10-6-5-7-11-14/h5-7,10-11,15-17H,3-4,8-9,12-13H2,1-2H3. The van der Waals surface area contributed by atoms with Crippen molar-refractivity contribution in [3.63, 3.8) is 0 Å². The van der Waals surface area contributed by atoms with Crippen LogP contribution < -0.4 is 0 Å². The van der Waals surface area contributed by atoms with Gasteiger partial charge in [0.1, 0.15) is 0 Å². The zero-order valence-corrected chi connectivity index (χ0v) is 13.4. The molecule has 1 rings (SSSR count). The van der Waals surface area contributed by atoms with Crippen molar-refractivity contribution < 1.29 is 0 Å². The van der Waals surface area contributed by atoms with Crippen molar-refractivity contribution in [1.29, 1.82) is 0 Å². The Morgan fingerprint density at radius 2 is 1.83 bits per heavy atom. The van der Waals surface area contributed by atoms with E-state index in [0.717, 1.165) is 11.0 Å². The van der Waals surface area contributed by atoms with Crippen molar-refractivity contribution in [2.24, 2.45) is 0 Å². The number of hydrogen-bond acceptors (Lipinski definition) is 2. The van der Waals surface area contributed by atoms with Gasteiger partial charge in [-0.2, -0.15) is 24.4 Å². The topological polar surface area (TPSA) is 0 Å². The summed E-state index contributed by atoms with van der Waals surface area (Å²) < 4.78 is 0. The van der Waals surface area contributed by atoms with Crippen molar-refractivity contribution in [1.82, 2.24) is 0 Å². The highest BCUT2D eigenvalue weighted by molar-refractivity contribution is 8.00. The zero-order chi connectivity index (χ0) is 13.2. The lowest BCUT2D eigenvalue weighted by Gasteiger charge is -2.22. The minimum Gasteiger partial charge on any atom is -0.179 e. The molecule has 0 amide bonds. The first-order chi connectivity index (χ1) is 8.81. The van der Waals surface area contributed by atoms with E-state index in [1.807, 2.05) is 0 Å². The lowest BCUT2D eigenvalue weighted by atomic mass is 10.1. The Balaban J connectivity index is 2.65. The summed E-state index contributed by atoms with van der Waals surface area (Å²) in [6.07, 6.45) is 6.37. The predicted molar refractivity (Wildman–Crippen MR) is 88.8 cm³/mol. The van der Waals surface area contributed by atoms with E-state index in [1.165, 1.54) is 37.7 Å². The van der Waals surface area contributed by atoms with Crippen LogP contribution in [-0.4, -0.2) is 11.0 Å². The van der Waals surface area contributed by atoms with Crippen LogP contribution in [0.4, 0.5) is 0 Å². The van der Waals surface area contributed by atoms with Crippen LogP contribution in [0.15, 0.2) is 30.3 Å². The van der Waals surface area contributed by atoms with E-state index in [9.17, 15) is 0 Å². The van der Waals surface area contributed by atoms with E-state index in [1.54, 1.807) is 0 Å². The molecule has 0 aliphatic carbocycles. The molecule has 0 aliphatic heterocycles. The third-order valence-electron chi connectivity index (χ3n) is 3.22. The van der Waals surface area contributed by atoms with Gasteiger partial charge in [-0.05, 0) is 37.0 Å². The first-order valence-corrected chi connectivity index (χ1v) is 8.70. The number of benzene rings is 1. The monoisotopic (exact) mass is 282 g/mol. The molecular weight excluding hydrogens is 256 g/mol. The molecule has 2 heteroatoms. The zero-order valence-electron chi connectivity index (χ0n) is 11.6. The Morgan fingerprint density at radius 3 is 2.39 bits per heavy atom. The molecule has 18 heavy (non-hydrogen) atoms. The quantitative estimate of drug-likeness (QED) is 0.563. The van der Waals surface area contributed by atoms with Gasteiger partial charge in [-0.15, -0.1) is 0 Å². The second kappa shape index (κ2) is 9.80. The first kappa shape index (κ1) is 16.0. The Kier molecular flexibility index (Phi) is 8.70. The van der Waals surface area contributed by atoms with Crippen LogP contribution in [0.2, 0.25) is 0 Å². The summed E-state index contributed by atoms with van der Waals surface area (Å²) in [4.78, 5) is 0. The minimum atomic E-state index is 0.648. The largest absolute Gasteiger partial charge is 0.179 e. The summed E-state index contributed by atoms with van der Waals surface area (Å²) in [6.45, 7) is 4.60. The van der Waals surface area contributed by atoms with Crippen molar-refractivity contribution >= 4 is 24.4 Å². The average molecular weight is 283 g/mol. The van der Waals surface area contributed by atoms with Gasteiger partial charge >= 0.3 is 0 Å². The molecule has 2 atom stereocenters. The molecule has 0 saturated heterocycles. The van der Waals surface area contributed by atoms with E-state index >= 15 is 0 Å². The molecule has 102 valence electrons. The molecule has 2 unspecified atom stereocenters. The highest BCUT2D eigenvalue weighted by Gasteiger charge is 2.16. The average Bonchev–Trinajstić information content (AvgIpc) is 2.43. The maximum absolute atomic E-state index is 4.35. The molecule has 0 N–H and O–H groups in total. The molecule has 1 aromatic carbocycles. The summed E-state index contributed by atoms with van der Waals surface area (Å²) in [5.74, 6) is 0.995. The highest BCUT2D eigenvalue weighted by Crippen LogP contribution is 2.38. The molecule has 0 nitrogen and oxygen atoms in total. The smallest absolute Gasteiger partial charge is 0.0300 e. The second-order valence-electron chi connectivity index (χ2n) is 4.72. The highest BCUT2D eigenvalue weighted by atomic mass is 32.2. The molecule has 0 aliphatic rings. The Bertz CT molecular complexity index is 297. The van der Waals surface area contributed by atoms with Crippen LogP contribution in [0, 0.1) is 0 Å². The lowest BCUT2D eigenvalue weighted by Crippen LogP contribution is -2.05. The van der Waals surface area contributed by atoms with Crippen LogP contribution in [0.5, 0.6) is 0 Å². The number of hydrogen-bond donors (Lipinski definition) is 1. The van der Waals surface area contributed by atoms with Gasteiger partial charge in [-0.25, -0.2) is 0 Å². The van der Waals surface area contributed by atoms with E-state index in [0.29, 0.717) is 5.25 Å². The van der Waals surface area contributed by atoms with Crippen LogP contribution in [-0.2, 0) is 0 Å². The van der Waals surface area contributed by atoms with Gasteiger partial charge in [0.15, 0.2) is 0 Å². The molecule has 0 spiro atoms. The second-order valence-corrected chi connectivity index (χ2v) is 6.68. The molecule has 0 saturated carbocycles. The molecule has 0 heterocycles. The van der Waals surface area contributed by atoms with Gasteiger partial charge in [0.05, 0.1) is 0 Å². The van der Waals surface area contributed by atoms with Gasteiger partial charge in [0, 0.05) is 10.5 Å². The molecule has 0 bridgehead atoms. The van der Waals surface area contributed by atoms with Crippen LogP contribution in [0.3, 0.4) is 0 Å². The number of thioether (sulfide) groups is 1. The lowest BCUT2D eigenvalue weighted by molar-refractivity contribution is 0.705. The van der Waals surface area contributed by atoms with Crippen LogP contribution >= 0.6 is 24.4 Å². The van der Waals surface area contributed by atoms with Gasteiger partial charge in [-0.1, -0.05) is 50.6 Å². The normalized spacial score (nSPS) is 14.4. The SMILES string of the molecule is CCCC(CC)SC(CCCS)c1ccccc1. The van der Waals surface area contributed by atoms with Gasteiger partial charge in [0.25, 0.3) is 0 Å². The molecule has 0 radical (unpaired) electrons. The summed E-state index contributed by atoms with van der Waals surface area (Å²) in [5, 5.41) is 1.45.